The van der Waals surface area contributed by atoms with Gasteiger partial charge >= 0.3 is 6.18 Å². The van der Waals surface area contributed by atoms with Crippen LogP contribution >= 0.6 is 0 Å². The third-order valence-electron chi connectivity index (χ3n) is 4.09. The summed E-state index contributed by atoms with van der Waals surface area (Å²) in [4.78, 5) is 11.2. The second-order valence-corrected chi connectivity index (χ2v) is 8.31. The van der Waals surface area contributed by atoms with E-state index in [9.17, 15) is 21.6 Å². The third kappa shape index (κ3) is 3.82. The topological polar surface area (TPSA) is 99.8 Å². The molecule has 142 valence electrons. The van der Waals surface area contributed by atoms with Crippen LogP contribution in [0.3, 0.4) is 0 Å². The summed E-state index contributed by atoms with van der Waals surface area (Å²) in [6, 6.07) is 6.66. The zero-order chi connectivity index (χ0) is 19.2. The number of H-pyrrole nitrogens is 1. The minimum absolute atomic E-state index is 0.0130. The number of fused-ring (bicyclic) bond motifs is 2. The van der Waals surface area contributed by atoms with Crippen LogP contribution in [0.5, 0.6) is 0 Å². The number of aromatic amines is 1. The number of hydrogen-bond donors (Lipinski definition) is 3. The summed E-state index contributed by atoms with van der Waals surface area (Å²) in [5, 5.41) is 5.63. The van der Waals surface area contributed by atoms with Gasteiger partial charge in [0.15, 0.2) is 9.84 Å². The Morgan fingerprint density at radius 2 is 1.89 bits per heavy atom. The Morgan fingerprint density at radius 3 is 2.67 bits per heavy atom. The highest BCUT2D eigenvalue weighted by molar-refractivity contribution is 7.90. The van der Waals surface area contributed by atoms with E-state index in [1.165, 1.54) is 0 Å². The first kappa shape index (κ1) is 17.6. The molecule has 0 spiro atoms. The summed E-state index contributed by atoms with van der Waals surface area (Å²) in [5.74, 6) is 0.117. The second kappa shape index (κ2) is 6.12. The lowest BCUT2D eigenvalue weighted by Crippen LogP contribution is -2.22. The lowest BCUT2D eigenvalue weighted by atomic mass is 10.1. The summed E-state index contributed by atoms with van der Waals surface area (Å²) < 4.78 is 61.0. The van der Waals surface area contributed by atoms with E-state index in [4.69, 9.17) is 0 Å². The molecule has 0 bridgehead atoms. The molecule has 1 aromatic carbocycles. The molecule has 3 aromatic rings. The molecule has 3 N–H and O–H groups in total. The van der Waals surface area contributed by atoms with Crippen molar-refractivity contribution in [3.8, 4) is 0 Å². The van der Waals surface area contributed by atoms with Gasteiger partial charge in [-0.15, -0.1) is 0 Å². The monoisotopic (exact) mass is 397 g/mol. The largest absolute Gasteiger partial charge is 0.405 e. The van der Waals surface area contributed by atoms with Gasteiger partial charge in [-0.3, -0.25) is 0 Å². The van der Waals surface area contributed by atoms with E-state index in [0.717, 1.165) is 5.56 Å². The Labute approximate surface area is 151 Å². The van der Waals surface area contributed by atoms with Gasteiger partial charge < -0.3 is 15.6 Å². The Kier molecular flexibility index (Phi) is 3.98. The number of hydrogen-bond acceptors (Lipinski definition) is 6. The molecule has 11 heteroatoms. The highest BCUT2D eigenvalue weighted by atomic mass is 32.2. The van der Waals surface area contributed by atoms with Crippen LogP contribution in [0.1, 0.15) is 11.1 Å². The highest BCUT2D eigenvalue weighted by Gasteiger charge is 2.27. The van der Waals surface area contributed by atoms with Crippen molar-refractivity contribution in [2.45, 2.75) is 17.7 Å². The van der Waals surface area contributed by atoms with E-state index in [-0.39, 0.29) is 23.3 Å². The molecule has 2 aromatic heterocycles. The van der Waals surface area contributed by atoms with Gasteiger partial charge in [-0.2, -0.15) is 23.1 Å². The number of halogens is 3. The Bertz CT molecular complexity index is 1120. The van der Waals surface area contributed by atoms with Gasteiger partial charge in [0.05, 0.1) is 16.9 Å². The number of rotatable bonds is 4. The molecule has 0 radical (unpaired) electrons. The summed E-state index contributed by atoms with van der Waals surface area (Å²) in [7, 11) is -3.12. The fraction of sp³-hybridized carbons (Fsp3) is 0.250. The molecule has 0 aliphatic carbocycles. The van der Waals surface area contributed by atoms with Gasteiger partial charge in [0.1, 0.15) is 18.0 Å². The van der Waals surface area contributed by atoms with Crippen molar-refractivity contribution in [1.29, 1.82) is 0 Å². The minimum atomic E-state index is -4.38. The number of sulfone groups is 1. The zero-order valence-corrected chi connectivity index (χ0v) is 14.6. The number of nitrogens with zero attached hydrogens (tertiary/aromatic N) is 2. The lowest BCUT2D eigenvalue weighted by molar-refractivity contribution is -0.115. The zero-order valence-electron chi connectivity index (χ0n) is 13.8. The number of anilines is 3. The predicted octanol–water partition coefficient (Wildman–Crippen LogP) is 3.10. The Morgan fingerprint density at radius 1 is 1.11 bits per heavy atom. The normalized spacial score (nSPS) is 15.7. The van der Waals surface area contributed by atoms with Crippen molar-refractivity contribution >= 4 is 38.3 Å². The fourth-order valence-corrected chi connectivity index (χ4v) is 4.55. The molecule has 4 rings (SSSR count). The van der Waals surface area contributed by atoms with Crippen molar-refractivity contribution in [3.63, 3.8) is 0 Å². The predicted molar refractivity (Wildman–Crippen MR) is 94.5 cm³/mol. The highest BCUT2D eigenvalue weighted by Crippen LogP contribution is 2.29. The number of alkyl halides is 3. The van der Waals surface area contributed by atoms with Crippen LogP contribution in [0.4, 0.5) is 30.6 Å². The van der Waals surface area contributed by atoms with Crippen LogP contribution in [0, 0.1) is 0 Å². The molecule has 7 nitrogen and oxygen atoms in total. The van der Waals surface area contributed by atoms with Crippen molar-refractivity contribution < 1.29 is 21.6 Å². The van der Waals surface area contributed by atoms with E-state index >= 15 is 0 Å². The summed E-state index contributed by atoms with van der Waals surface area (Å²) in [5.41, 5.74) is 2.37. The third-order valence-corrected chi connectivity index (χ3v) is 5.59. The fourth-order valence-electron chi connectivity index (χ4n) is 2.95. The van der Waals surface area contributed by atoms with Crippen LogP contribution in [0.15, 0.2) is 30.5 Å². The summed E-state index contributed by atoms with van der Waals surface area (Å²) in [6.45, 7) is -1.22. The van der Waals surface area contributed by atoms with Crippen LogP contribution in [0.25, 0.3) is 11.0 Å². The van der Waals surface area contributed by atoms with Crippen molar-refractivity contribution in [2.24, 2.45) is 0 Å². The Balaban J connectivity index is 1.63. The number of aromatic nitrogens is 3. The van der Waals surface area contributed by atoms with E-state index in [0.29, 0.717) is 22.3 Å². The first-order chi connectivity index (χ1) is 12.7. The molecule has 0 amide bonds. The number of benzene rings is 1. The van der Waals surface area contributed by atoms with Crippen LogP contribution in [-0.2, 0) is 21.3 Å². The van der Waals surface area contributed by atoms with Crippen molar-refractivity contribution in [3.05, 3.63) is 41.6 Å². The Hall–Kier alpha value is -2.82. The van der Waals surface area contributed by atoms with Gasteiger partial charge in [-0.1, -0.05) is 6.07 Å². The lowest BCUT2D eigenvalue weighted by Gasteiger charge is -2.12. The smallest absolute Gasteiger partial charge is 0.360 e. The van der Waals surface area contributed by atoms with Crippen LogP contribution in [0.2, 0.25) is 0 Å². The molecule has 0 saturated heterocycles. The molecule has 27 heavy (non-hydrogen) atoms. The molecule has 1 aliphatic heterocycles. The molecule has 3 heterocycles. The van der Waals surface area contributed by atoms with Crippen molar-refractivity contribution in [2.75, 3.05) is 17.2 Å². The van der Waals surface area contributed by atoms with Gasteiger partial charge in [-0.25, -0.2) is 8.42 Å². The van der Waals surface area contributed by atoms with Crippen LogP contribution < -0.4 is 10.6 Å². The molecule has 0 fully saturated rings. The summed E-state index contributed by atoms with van der Waals surface area (Å²) in [6.07, 6.45) is -2.82. The maximum Gasteiger partial charge on any atom is 0.405 e. The van der Waals surface area contributed by atoms with Gasteiger partial charge in [0.2, 0.25) is 5.95 Å². The van der Waals surface area contributed by atoms with E-state index in [2.05, 4.69) is 25.6 Å². The summed E-state index contributed by atoms with van der Waals surface area (Å²) >= 11 is 0. The van der Waals surface area contributed by atoms with Gasteiger partial charge in [0, 0.05) is 11.9 Å². The average molecular weight is 397 g/mol. The maximum absolute atomic E-state index is 12.5. The minimum Gasteiger partial charge on any atom is -0.360 e. The van der Waals surface area contributed by atoms with E-state index in [1.807, 2.05) is 0 Å². The maximum atomic E-state index is 12.5. The van der Waals surface area contributed by atoms with E-state index < -0.39 is 22.6 Å². The average Bonchev–Trinajstić information content (AvgIpc) is 3.13. The molecule has 1 aliphatic rings. The molecular formula is C16H14F3N5O2S. The second-order valence-electron chi connectivity index (χ2n) is 6.25. The van der Waals surface area contributed by atoms with Gasteiger partial charge in [-0.05, 0) is 29.3 Å². The molecule has 0 atom stereocenters. The standard InChI is InChI=1S/C16H14F3N5O2S/c17-16(18,19)8-21-14-12-3-4-20-13(12)23-15(24-14)22-11-2-1-9-6-27(25,26)7-10(9)5-11/h1-5H,6-8H2,(H3,20,21,22,23,24). The molecule has 0 saturated carbocycles. The van der Waals surface area contributed by atoms with E-state index in [1.54, 1.807) is 30.5 Å². The first-order valence-corrected chi connectivity index (χ1v) is 9.76. The molecule has 0 unspecified atom stereocenters. The van der Waals surface area contributed by atoms with Crippen molar-refractivity contribution in [1.82, 2.24) is 15.0 Å². The first-order valence-electron chi connectivity index (χ1n) is 7.93. The number of nitrogens with one attached hydrogen (secondary N) is 3. The SMILES string of the molecule is O=S1(=O)Cc2ccc(Nc3nc(NCC(F)(F)F)c4cc[nH]c4n3)cc2C1. The molecular weight excluding hydrogens is 383 g/mol. The van der Waals surface area contributed by atoms with Crippen LogP contribution in [-0.4, -0.2) is 36.1 Å². The van der Waals surface area contributed by atoms with Gasteiger partial charge in [0.25, 0.3) is 0 Å². The quantitative estimate of drug-likeness (QED) is 0.626.